The van der Waals surface area contributed by atoms with Gasteiger partial charge in [0.05, 0.1) is 36.4 Å². The number of Topliss-reactive ketones (excluding diaryl/α,β-unsaturated/α-hetero) is 1. The molecule has 4 rings (SSSR count). The van der Waals surface area contributed by atoms with E-state index in [9.17, 15) is 14.7 Å². The Morgan fingerprint density at radius 1 is 1.16 bits per heavy atom. The zero-order valence-electron chi connectivity index (χ0n) is 17.3. The van der Waals surface area contributed by atoms with E-state index in [-0.39, 0.29) is 28.7 Å². The van der Waals surface area contributed by atoms with Crippen molar-refractivity contribution in [2.75, 3.05) is 14.2 Å². The van der Waals surface area contributed by atoms with E-state index in [1.807, 2.05) is 0 Å². The normalized spacial score (nSPS) is 21.0. The van der Waals surface area contributed by atoms with Gasteiger partial charge < -0.3 is 19.5 Å². The van der Waals surface area contributed by atoms with E-state index in [1.54, 1.807) is 29.4 Å². The molecule has 0 radical (unpaired) electrons. The van der Waals surface area contributed by atoms with Crippen molar-refractivity contribution in [2.24, 2.45) is 0 Å². The molecule has 2 fully saturated rings. The highest BCUT2D eigenvalue weighted by atomic mass is 35.5. The van der Waals surface area contributed by atoms with Gasteiger partial charge in [0.2, 0.25) is 0 Å². The topological polar surface area (TPSA) is 89.0 Å². The van der Waals surface area contributed by atoms with Crippen molar-refractivity contribution < 1.29 is 24.2 Å². The number of aromatic nitrogens is 1. The molecule has 2 heterocycles. The molecule has 31 heavy (non-hydrogen) atoms. The fourth-order valence-electron chi connectivity index (χ4n) is 4.46. The maximum absolute atomic E-state index is 13.2. The third kappa shape index (κ3) is 3.63. The summed E-state index contributed by atoms with van der Waals surface area (Å²) in [5.41, 5.74) is 0.893. The lowest BCUT2D eigenvalue weighted by Gasteiger charge is -2.30. The van der Waals surface area contributed by atoms with E-state index in [0.29, 0.717) is 16.3 Å². The van der Waals surface area contributed by atoms with E-state index >= 15 is 0 Å². The van der Waals surface area contributed by atoms with Crippen LogP contribution in [0.3, 0.4) is 0 Å². The molecule has 7 nitrogen and oxygen atoms in total. The molecule has 1 N–H and O–H groups in total. The Kier molecular flexibility index (Phi) is 5.87. The summed E-state index contributed by atoms with van der Waals surface area (Å²) in [5.74, 6) is -1.09. The van der Waals surface area contributed by atoms with Crippen molar-refractivity contribution in [3.63, 3.8) is 0 Å². The molecule has 1 aliphatic heterocycles. The number of halogens is 1. The highest BCUT2D eigenvalue weighted by molar-refractivity contribution is 6.46. The smallest absolute Gasteiger partial charge is 0.295 e. The van der Waals surface area contributed by atoms with Gasteiger partial charge in [-0.1, -0.05) is 30.5 Å². The molecule has 0 bridgehead atoms. The molecule has 2 aromatic rings. The van der Waals surface area contributed by atoms with Crippen LogP contribution in [0.15, 0.2) is 42.2 Å². The Balaban J connectivity index is 1.93. The van der Waals surface area contributed by atoms with Crippen LogP contribution in [-0.2, 0) is 9.59 Å². The first kappa shape index (κ1) is 21.2. The number of hydrogen-bond donors (Lipinski definition) is 1. The van der Waals surface area contributed by atoms with E-state index in [4.69, 9.17) is 21.1 Å². The first-order chi connectivity index (χ1) is 15.0. The number of methoxy groups -OCH3 is 2. The number of ether oxygens (including phenoxy) is 2. The van der Waals surface area contributed by atoms with Crippen molar-refractivity contribution in [1.82, 2.24) is 9.88 Å². The maximum Gasteiger partial charge on any atom is 0.295 e. The molecule has 1 aromatic heterocycles. The average Bonchev–Trinajstić information content (AvgIpc) is 3.40. The number of carbonyl (C=O) groups is 2. The highest BCUT2D eigenvalue weighted by Crippen LogP contribution is 2.45. The van der Waals surface area contributed by atoms with Crippen LogP contribution in [0, 0.1) is 0 Å². The number of pyridine rings is 1. The van der Waals surface area contributed by atoms with Crippen LogP contribution in [-0.4, -0.2) is 46.9 Å². The first-order valence-electron chi connectivity index (χ1n) is 10.1. The van der Waals surface area contributed by atoms with E-state index in [2.05, 4.69) is 4.98 Å². The predicted molar refractivity (Wildman–Crippen MR) is 115 cm³/mol. The largest absolute Gasteiger partial charge is 0.507 e. The summed E-state index contributed by atoms with van der Waals surface area (Å²) >= 11 is 6.19. The summed E-state index contributed by atoms with van der Waals surface area (Å²) < 4.78 is 10.6. The zero-order chi connectivity index (χ0) is 22.1. The third-order valence-corrected chi connectivity index (χ3v) is 6.22. The zero-order valence-corrected chi connectivity index (χ0v) is 18.1. The number of likely N-dealkylation sites (tertiary alicyclic amines) is 1. The van der Waals surface area contributed by atoms with Gasteiger partial charge in [-0.25, -0.2) is 0 Å². The number of rotatable bonds is 5. The van der Waals surface area contributed by atoms with Crippen LogP contribution >= 0.6 is 11.6 Å². The second kappa shape index (κ2) is 8.59. The summed E-state index contributed by atoms with van der Waals surface area (Å²) in [5, 5.41) is 11.6. The SMILES string of the molecule is COc1cc(/C(O)=C2\C(=O)C(=O)N(C3CCCC3)C2c2cccnc2)c(OC)cc1Cl. The molecule has 1 saturated carbocycles. The Labute approximate surface area is 185 Å². The Bertz CT molecular complexity index is 1050. The van der Waals surface area contributed by atoms with Crippen molar-refractivity contribution in [3.8, 4) is 11.5 Å². The fourth-order valence-corrected chi connectivity index (χ4v) is 4.70. The second-order valence-electron chi connectivity index (χ2n) is 7.62. The van der Waals surface area contributed by atoms with Crippen molar-refractivity contribution in [1.29, 1.82) is 0 Å². The summed E-state index contributed by atoms with van der Waals surface area (Å²) in [6.45, 7) is 0. The molecular formula is C23H23ClN2O5. The standard InChI is InChI=1S/C23H23ClN2O5/c1-30-17-11-16(24)18(31-2)10-15(17)21(27)19-20(13-6-5-9-25-12-13)26(23(29)22(19)28)14-7-3-4-8-14/h5-6,9-12,14,20,27H,3-4,7-8H2,1-2H3/b21-19+. The molecule has 1 unspecified atom stereocenters. The Morgan fingerprint density at radius 3 is 2.48 bits per heavy atom. The predicted octanol–water partition coefficient (Wildman–Crippen LogP) is 4.12. The second-order valence-corrected chi connectivity index (χ2v) is 8.03. The van der Waals surface area contributed by atoms with Crippen LogP contribution in [0.1, 0.15) is 42.9 Å². The molecule has 162 valence electrons. The molecule has 0 spiro atoms. The van der Waals surface area contributed by atoms with Gasteiger partial charge in [-0.3, -0.25) is 14.6 Å². The van der Waals surface area contributed by atoms with Gasteiger partial charge in [-0.15, -0.1) is 0 Å². The van der Waals surface area contributed by atoms with Gasteiger partial charge in [-0.05, 0) is 30.5 Å². The summed E-state index contributed by atoms with van der Waals surface area (Å²) in [6.07, 6.45) is 6.87. The van der Waals surface area contributed by atoms with Gasteiger partial charge in [0.1, 0.15) is 17.3 Å². The van der Waals surface area contributed by atoms with E-state index in [1.165, 1.54) is 26.4 Å². The van der Waals surface area contributed by atoms with Crippen molar-refractivity contribution in [3.05, 3.63) is 58.4 Å². The number of amides is 1. The number of ketones is 1. The molecule has 1 aromatic carbocycles. The monoisotopic (exact) mass is 442 g/mol. The number of nitrogens with zero attached hydrogens (tertiary/aromatic N) is 2. The average molecular weight is 443 g/mol. The number of carbonyl (C=O) groups excluding carboxylic acids is 2. The highest BCUT2D eigenvalue weighted by Gasteiger charge is 2.49. The molecule has 1 aliphatic carbocycles. The third-order valence-electron chi connectivity index (χ3n) is 5.93. The molecule has 1 amide bonds. The lowest BCUT2D eigenvalue weighted by Crippen LogP contribution is -2.37. The van der Waals surface area contributed by atoms with Gasteiger partial charge in [0.15, 0.2) is 0 Å². The minimum atomic E-state index is -0.733. The van der Waals surface area contributed by atoms with Crippen LogP contribution in [0.5, 0.6) is 11.5 Å². The summed E-state index contributed by atoms with van der Waals surface area (Å²) in [7, 11) is 2.89. The van der Waals surface area contributed by atoms with Crippen LogP contribution in [0.2, 0.25) is 5.02 Å². The molecule has 1 atom stereocenters. The van der Waals surface area contributed by atoms with Gasteiger partial charge in [0, 0.05) is 24.5 Å². The van der Waals surface area contributed by atoms with Gasteiger partial charge in [-0.2, -0.15) is 0 Å². The molecule has 1 saturated heterocycles. The van der Waals surface area contributed by atoms with Crippen LogP contribution in [0.25, 0.3) is 5.76 Å². The molecular weight excluding hydrogens is 420 g/mol. The summed E-state index contributed by atoms with van der Waals surface area (Å²) in [6, 6.07) is 5.76. The van der Waals surface area contributed by atoms with Crippen molar-refractivity contribution in [2.45, 2.75) is 37.8 Å². The number of aliphatic hydroxyl groups excluding tert-OH is 1. The van der Waals surface area contributed by atoms with Crippen molar-refractivity contribution >= 4 is 29.1 Å². The molecule has 8 heteroatoms. The van der Waals surface area contributed by atoms with E-state index in [0.717, 1.165) is 25.7 Å². The lowest BCUT2D eigenvalue weighted by molar-refractivity contribution is -0.141. The van der Waals surface area contributed by atoms with Crippen LogP contribution in [0.4, 0.5) is 0 Å². The van der Waals surface area contributed by atoms with Crippen LogP contribution < -0.4 is 9.47 Å². The lowest BCUT2D eigenvalue weighted by atomic mass is 9.95. The minimum Gasteiger partial charge on any atom is -0.507 e. The number of hydrogen-bond acceptors (Lipinski definition) is 6. The Hall–Kier alpha value is -3.06. The van der Waals surface area contributed by atoms with Gasteiger partial charge >= 0.3 is 0 Å². The quantitative estimate of drug-likeness (QED) is 0.425. The number of benzene rings is 1. The van der Waals surface area contributed by atoms with E-state index < -0.39 is 17.7 Å². The van der Waals surface area contributed by atoms with Gasteiger partial charge in [0.25, 0.3) is 11.7 Å². The number of aliphatic hydroxyl groups is 1. The Morgan fingerprint density at radius 2 is 1.87 bits per heavy atom. The fraction of sp³-hybridized carbons (Fsp3) is 0.348. The first-order valence-corrected chi connectivity index (χ1v) is 10.5. The maximum atomic E-state index is 13.2. The molecule has 2 aliphatic rings. The minimum absolute atomic E-state index is 0.00701. The summed E-state index contributed by atoms with van der Waals surface area (Å²) in [4.78, 5) is 32.0.